The number of ether oxygens (including phenoxy) is 1. The minimum Gasteiger partial charge on any atom is -0.378 e. The van der Waals surface area contributed by atoms with Crippen molar-refractivity contribution in [1.29, 1.82) is 0 Å². The first-order valence-corrected chi connectivity index (χ1v) is 9.31. The molecular weight excluding hydrogens is 358 g/mol. The van der Waals surface area contributed by atoms with Gasteiger partial charge >= 0.3 is 6.03 Å². The number of nitrogens with zero attached hydrogens (tertiary/aromatic N) is 2. The summed E-state index contributed by atoms with van der Waals surface area (Å²) < 4.78 is 5.25. The minimum atomic E-state index is -0.241. The van der Waals surface area contributed by atoms with Crippen LogP contribution in [0.15, 0.2) is 48.5 Å². The second-order valence-corrected chi connectivity index (χ2v) is 6.78. The lowest BCUT2D eigenvalue weighted by molar-refractivity contribution is 0.0564. The first-order valence-electron chi connectivity index (χ1n) is 9.31. The minimum absolute atomic E-state index is 0.137. The maximum atomic E-state index is 12.4. The van der Waals surface area contributed by atoms with Crippen molar-refractivity contribution in [2.24, 2.45) is 0 Å². The molecule has 0 radical (unpaired) electrons. The molecule has 1 fully saturated rings. The molecule has 4 rings (SSSR count). The summed E-state index contributed by atoms with van der Waals surface area (Å²) in [5.41, 5.74) is 2.63. The van der Waals surface area contributed by atoms with Crippen molar-refractivity contribution in [3.05, 3.63) is 65.2 Å². The molecule has 2 aliphatic rings. The first-order chi connectivity index (χ1) is 13.6. The van der Waals surface area contributed by atoms with E-state index in [2.05, 4.69) is 5.32 Å². The Morgan fingerprint density at radius 1 is 0.929 bits per heavy atom. The highest BCUT2D eigenvalue weighted by atomic mass is 16.5. The van der Waals surface area contributed by atoms with Crippen LogP contribution in [-0.2, 0) is 11.2 Å². The molecule has 0 aliphatic carbocycles. The van der Waals surface area contributed by atoms with Crippen LogP contribution in [0.1, 0.15) is 26.3 Å². The van der Waals surface area contributed by atoms with Gasteiger partial charge in [-0.2, -0.15) is 0 Å². The van der Waals surface area contributed by atoms with Crippen molar-refractivity contribution in [2.75, 3.05) is 38.2 Å². The molecule has 4 amide bonds. The van der Waals surface area contributed by atoms with Crippen molar-refractivity contribution < 1.29 is 19.1 Å². The molecule has 2 heterocycles. The summed E-state index contributed by atoms with van der Waals surface area (Å²) in [7, 11) is 0. The molecule has 7 heteroatoms. The molecule has 0 atom stereocenters. The zero-order chi connectivity index (χ0) is 19.5. The van der Waals surface area contributed by atoms with Gasteiger partial charge in [0.05, 0.1) is 24.3 Å². The third-order valence-corrected chi connectivity index (χ3v) is 5.01. The average Bonchev–Trinajstić information content (AvgIpc) is 2.98. The van der Waals surface area contributed by atoms with E-state index in [-0.39, 0.29) is 17.8 Å². The van der Waals surface area contributed by atoms with E-state index in [1.165, 1.54) is 4.90 Å². The largest absolute Gasteiger partial charge is 0.378 e. The van der Waals surface area contributed by atoms with E-state index in [1.807, 2.05) is 24.3 Å². The Balaban J connectivity index is 1.33. The number of anilines is 1. The van der Waals surface area contributed by atoms with Gasteiger partial charge in [-0.15, -0.1) is 0 Å². The van der Waals surface area contributed by atoms with Crippen LogP contribution in [0.2, 0.25) is 0 Å². The molecule has 0 saturated carbocycles. The Bertz CT molecular complexity index is 869. The highest BCUT2D eigenvalue weighted by Crippen LogP contribution is 2.22. The Morgan fingerprint density at radius 2 is 1.54 bits per heavy atom. The van der Waals surface area contributed by atoms with Crippen molar-refractivity contribution in [3.63, 3.8) is 0 Å². The summed E-state index contributed by atoms with van der Waals surface area (Å²) >= 11 is 0. The molecule has 0 spiro atoms. The molecule has 2 aromatic rings. The van der Waals surface area contributed by atoms with Crippen LogP contribution in [0.25, 0.3) is 0 Å². The molecule has 144 valence electrons. The Morgan fingerprint density at radius 3 is 2.14 bits per heavy atom. The zero-order valence-corrected chi connectivity index (χ0v) is 15.4. The van der Waals surface area contributed by atoms with Crippen LogP contribution in [0.3, 0.4) is 0 Å². The van der Waals surface area contributed by atoms with E-state index in [0.717, 1.165) is 5.56 Å². The number of hydrogen-bond donors (Lipinski definition) is 1. The number of morpholine rings is 1. The predicted molar refractivity (Wildman–Crippen MR) is 103 cm³/mol. The lowest BCUT2D eigenvalue weighted by Crippen LogP contribution is -2.43. The zero-order valence-electron chi connectivity index (χ0n) is 15.4. The molecule has 2 aliphatic heterocycles. The summed E-state index contributed by atoms with van der Waals surface area (Å²) in [4.78, 5) is 40.0. The topological polar surface area (TPSA) is 79.0 Å². The van der Waals surface area contributed by atoms with Gasteiger partial charge in [0.2, 0.25) is 0 Å². The number of fused-ring (bicyclic) bond motifs is 1. The number of urea groups is 1. The van der Waals surface area contributed by atoms with Crippen molar-refractivity contribution in [2.45, 2.75) is 6.42 Å². The summed E-state index contributed by atoms with van der Waals surface area (Å²) in [5.74, 6) is -0.481. The van der Waals surface area contributed by atoms with Gasteiger partial charge in [0, 0.05) is 25.3 Å². The SMILES string of the molecule is O=C(Nc1ccc(CCN2C(=O)c3ccccc3C2=O)cc1)N1CCOCC1. The van der Waals surface area contributed by atoms with Gasteiger partial charge in [0.25, 0.3) is 11.8 Å². The third kappa shape index (κ3) is 3.61. The predicted octanol–water partition coefficient (Wildman–Crippen LogP) is 2.39. The molecular formula is C21H21N3O4. The number of hydrogen-bond acceptors (Lipinski definition) is 4. The summed E-state index contributed by atoms with van der Waals surface area (Å²) in [6.45, 7) is 2.62. The van der Waals surface area contributed by atoms with Crippen molar-refractivity contribution >= 4 is 23.5 Å². The fourth-order valence-corrected chi connectivity index (χ4v) is 3.41. The van der Waals surface area contributed by atoms with Crippen LogP contribution in [0.4, 0.5) is 10.5 Å². The quantitative estimate of drug-likeness (QED) is 0.828. The second kappa shape index (κ2) is 7.82. The average molecular weight is 379 g/mol. The van der Waals surface area contributed by atoms with E-state index < -0.39 is 0 Å². The maximum Gasteiger partial charge on any atom is 0.321 e. The van der Waals surface area contributed by atoms with Gasteiger partial charge in [0.15, 0.2) is 0 Å². The summed E-state index contributed by atoms with van der Waals surface area (Å²) in [6, 6.07) is 14.2. The van der Waals surface area contributed by atoms with E-state index in [1.54, 1.807) is 29.2 Å². The summed E-state index contributed by atoms with van der Waals surface area (Å²) in [5, 5.41) is 2.87. The van der Waals surface area contributed by atoms with Crippen molar-refractivity contribution in [3.8, 4) is 0 Å². The molecule has 0 aromatic heterocycles. The number of rotatable bonds is 4. The van der Waals surface area contributed by atoms with Crippen LogP contribution in [0.5, 0.6) is 0 Å². The Kier molecular flexibility index (Phi) is 5.08. The fraction of sp³-hybridized carbons (Fsp3) is 0.286. The lowest BCUT2D eigenvalue weighted by Gasteiger charge is -2.26. The van der Waals surface area contributed by atoms with Gasteiger partial charge in [-0.05, 0) is 36.2 Å². The molecule has 0 unspecified atom stereocenters. The van der Waals surface area contributed by atoms with Crippen LogP contribution < -0.4 is 5.32 Å². The Labute approximate surface area is 162 Å². The van der Waals surface area contributed by atoms with Gasteiger partial charge < -0.3 is 15.0 Å². The van der Waals surface area contributed by atoms with Gasteiger partial charge in [0.1, 0.15) is 0 Å². The van der Waals surface area contributed by atoms with Gasteiger partial charge in [-0.1, -0.05) is 24.3 Å². The number of carbonyl (C=O) groups excluding carboxylic acids is 3. The third-order valence-electron chi connectivity index (χ3n) is 5.01. The number of nitrogens with one attached hydrogen (secondary N) is 1. The van der Waals surface area contributed by atoms with Gasteiger partial charge in [-0.3, -0.25) is 14.5 Å². The van der Waals surface area contributed by atoms with E-state index in [4.69, 9.17) is 4.74 Å². The van der Waals surface area contributed by atoms with Crippen LogP contribution >= 0.6 is 0 Å². The molecule has 1 N–H and O–H groups in total. The second-order valence-electron chi connectivity index (χ2n) is 6.78. The highest BCUT2D eigenvalue weighted by molar-refractivity contribution is 6.21. The Hall–Kier alpha value is -3.19. The number of carbonyl (C=O) groups is 3. The summed E-state index contributed by atoms with van der Waals surface area (Å²) in [6.07, 6.45) is 0.559. The lowest BCUT2D eigenvalue weighted by atomic mass is 10.1. The van der Waals surface area contributed by atoms with Crippen LogP contribution in [-0.4, -0.2) is 60.5 Å². The molecule has 7 nitrogen and oxygen atoms in total. The standard InChI is InChI=1S/C21H21N3O4/c25-19-17-3-1-2-4-18(17)20(26)24(19)10-9-15-5-7-16(8-6-15)22-21(27)23-11-13-28-14-12-23/h1-8H,9-14H2,(H,22,27). The normalized spacial score (nSPS) is 16.3. The molecule has 2 aromatic carbocycles. The molecule has 1 saturated heterocycles. The number of benzene rings is 2. The molecule has 28 heavy (non-hydrogen) atoms. The monoisotopic (exact) mass is 379 g/mol. The van der Waals surface area contributed by atoms with E-state index in [9.17, 15) is 14.4 Å². The smallest absolute Gasteiger partial charge is 0.321 e. The highest BCUT2D eigenvalue weighted by Gasteiger charge is 2.34. The van der Waals surface area contributed by atoms with Gasteiger partial charge in [-0.25, -0.2) is 4.79 Å². The maximum absolute atomic E-state index is 12.4. The van der Waals surface area contributed by atoms with E-state index in [0.29, 0.717) is 56.1 Å². The fourth-order valence-electron chi connectivity index (χ4n) is 3.41. The van der Waals surface area contributed by atoms with Crippen LogP contribution in [0, 0.1) is 0 Å². The first kappa shape index (κ1) is 18.2. The van der Waals surface area contributed by atoms with Crippen molar-refractivity contribution in [1.82, 2.24) is 9.80 Å². The number of imide groups is 1. The number of amides is 4. The molecule has 0 bridgehead atoms. The van der Waals surface area contributed by atoms with E-state index >= 15 is 0 Å².